The van der Waals surface area contributed by atoms with Crippen molar-refractivity contribution in [1.82, 2.24) is 19.8 Å². The summed E-state index contributed by atoms with van der Waals surface area (Å²) in [6.45, 7) is 13.7. The van der Waals surface area contributed by atoms with Crippen molar-refractivity contribution in [2.75, 3.05) is 50.8 Å². The van der Waals surface area contributed by atoms with Gasteiger partial charge in [0.15, 0.2) is 5.75 Å². The number of halogens is 2. The van der Waals surface area contributed by atoms with Gasteiger partial charge in [0.25, 0.3) is 0 Å². The van der Waals surface area contributed by atoms with Crippen LogP contribution in [0.1, 0.15) is 66.2 Å². The molecule has 4 fully saturated rings. The maximum Gasteiger partial charge on any atom is 0.410 e. The van der Waals surface area contributed by atoms with Crippen molar-refractivity contribution in [3.8, 4) is 11.8 Å². The van der Waals surface area contributed by atoms with E-state index in [-0.39, 0.29) is 17.6 Å². The molecular formula is C30H41BrIN5O4. The van der Waals surface area contributed by atoms with E-state index in [0.29, 0.717) is 12.6 Å². The first-order valence-electron chi connectivity index (χ1n) is 15.0. The second-order valence-corrected chi connectivity index (χ2v) is 15.0. The van der Waals surface area contributed by atoms with E-state index in [2.05, 4.69) is 54.4 Å². The van der Waals surface area contributed by atoms with Gasteiger partial charge in [-0.2, -0.15) is 9.97 Å². The molecule has 0 bridgehead atoms. The first-order valence-corrected chi connectivity index (χ1v) is 16.9. The number of hydrogen-bond donors (Lipinski definition) is 0. The molecule has 0 atom stereocenters. The Balaban J connectivity index is 1.22. The quantitative estimate of drug-likeness (QED) is 0.323. The van der Waals surface area contributed by atoms with Gasteiger partial charge in [-0.1, -0.05) is 0 Å². The number of likely N-dealkylation sites (tertiary alicyclic amines) is 2. The van der Waals surface area contributed by atoms with Crippen molar-refractivity contribution in [3.63, 3.8) is 0 Å². The third-order valence-corrected chi connectivity index (χ3v) is 11.1. The fourth-order valence-electron chi connectivity index (χ4n) is 6.39. The molecule has 41 heavy (non-hydrogen) atoms. The fraction of sp³-hybridized carbons (Fsp3) is 0.700. The molecule has 11 heteroatoms. The molecule has 1 aliphatic carbocycles. The second-order valence-electron chi connectivity index (χ2n) is 13.1. The fourth-order valence-corrected chi connectivity index (χ4v) is 7.36. The summed E-state index contributed by atoms with van der Waals surface area (Å²) in [5, 5.41) is 0.983. The number of hydrogen-bond acceptors (Lipinski definition) is 8. The summed E-state index contributed by atoms with van der Waals surface area (Å²) < 4.78 is 20.2. The number of carbonyl (C=O) groups excluding carboxylic acids is 1. The molecule has 1 spiro atoms. The lowest BCUT2D eigenvalue weighted by atomic mass is 9.72. The number of fused-ring (bicyclic) bond motifs is 1. The van der Waals surface area contributed by atoms with Crippen molar-refractivity contribution in [1.29, 1.82) is 0 Å². The number of aromatic nitrogens is 2. The first kappa shape index (κ1) is 29.5. The number of anilines is 1. The molecule has 4 heterocycles. The van der Waals surface area contributed by atoms with Gasteiger partial charge < -0.3 is 28.9 Å². The summed E-state index contributed by atoms with van der Waals surface area (Å²) in [5.74, 6) is 1.65. The zero-order valence-corrected chi connectivity index (χ0v) is 28.3. The Morgan fingerprint density at radius 2 is 1.78 bits per heavy atom. The molecule has 9 nitrogen and oxygen atoms in total. The van der Waals surface area contributed by atoms with Crippen LogP contribution in [0.15, 0.2) is 10.5 Å². The van der Waals surface area contributed by atoms with Gasteiger partial charge in [-0.25, -0.2) is 4.79 Å². The second kappa shape index (κ2) is 11.5. The summed E-state index contributed by atoms with van der Waals surface area (Å²) in [7, 11) is 0. The molecule has 0 unspecified atom stereocenters. The Hall–Kier alpha value is -1.60. The molecule has 1 saturated carbocycles. The minimum atomic E-state index is -0.474. The monoisotopic (exact) mass is 741 g/mol. The molecule has 4 aliphatic rings. The van der Waals surface area contributed by atoms with E-state index in [1.165, 1.54) is 12.8 Å². The average Bonchev–Trinajstić information content (AvgIpc) is 3.75. The van der Waals surface area contributed by atoms with Gasteiger partial charge in [0.1, 0.15) is 23.0 Å². The van der Waals surface area contributed by atoms with E-state index in [4.69, 9.17) is 24.2 Å². The molecule has 1 amide bonds. The van der Waals surface area contributed by atoms with Gasteiger partial charge in [-0.05, 0) is 111 Å². The number of benzene rings is 1. The van der Waals surface area contributed by atoms with Gasteiger partial charge in [-0.3, -0.25) is 0 Å². The largest absolute Gasteiger partial charge is 0.490 e. The Bertz CT molecular complexity index is 1290. The van der Waals surface area contributed by atoms with Crippen LogP contribution < -0.4 is 14.4 Å². The van der Waals surface area contributed by atoms with Crippen LogP contribution in [0.4, 0.5) is 10.6 Å². The van der Waals surface area contributed by atoms with Crippen molar-refractivity contribution in [2.24, 2.45) is 5.41 Å². The van der Waals surface area contributed by atoms with Crippen LogP contribution in [0.2, 0.25) is 0 Å². The SMILES string of the molecule is CCOc1c(Br)c(I)cc2c(N3CCC4(CC3)CN(C(=O)OC(C)(C)C)C4)nc(OC3CCN(C4CC4)CC3)nc12. The van der Waals surface area contributed by atoms with Crippen molar-refractivity contribution < 1.29 is 19.0 Å². The number of carbonyl (C=O) groups is 1. The molecule has 3 aliphatic heterocycles. The molecular weight excluding hydrogens is 701 g/mol. The van der Waals surface area contributed by atoms with Crippen LogP contribution in [0.5, 0.6) is 11.8 Å². The van der Waals surface area contributed by atoms with Gasteiger partial charge in [0, 0.05) is 59.7 Å². The molecule has 0 N–H and O–H groups in total. The zero-order chi connectivity index (χ0) is 28.9. The van der Waals surface area contributed by atoms with E-state index < -0.39 is 5.60 Å². The van der Waals surface area contributed by atoms with Crippen LogP contribution in [0, 0.1) is 8.99 Å². The molecule has 1 aromatic carbocycles. The minimum absolute atomic E-state index is 0.122. The van der Waals surface area contributed by atoms with Crippen molar-refractivity contribution in [3.05, 3.63) is 14.1 Å². The number of rotatable bonds is 6. The topological polar surface area (TPSA) is 80.3 Å². The lowest BCUT2D eigenvalue weighted by molar-refractivity contribution is -0.0434. The Morgan fingerprint density at radius 1 is 1.10 bits per heavy atom. The van der Waals surface area contributed by atoms with E-state index >= 15 is 0 Å². The maximum atomic E-state index is 12.5. The number of piperidine rings is 2. The Kier molecular flexibility index (Phi) is 8.25. The third-order valence-electron chi connectivity index (χ3n) is 8.73. The molecule has 224 valence electrons. The number of nitrogens with zero attached hydrogens (tertiary/aromatic N) is 5. The normalized spacial score (nSPS) is 21.7. The molecule has 0 radical (unpaired) electrons. The predicted molar refractivity (Wildman–Crippen MR) is 171 cm³/mol. The predicted octanol–water partition coefficient (Wildman–Crippen LogP) is 6.24. The molecule has 3 saturated heterocycles. The van der Waals surface area contributed by atoms with Gasteiger partial charge in [0.2, 0.25) is 0 Å². The van der Waals surface area contributed by atoms with Gasteiger partial charge in [0.05, 0.1) is 11.1 Å². The first-order chi connectivity index (χ1) is 19.5. The number of ether oxygens (including phenoxy) is 3. The summed E-state index contributed by atoms with van der Waals surface area (Å²) in [6.07, 6.45) is 6.60. The summed E-state index contributed by atoms with van der Waals surface area (Å²) in [6, 6.07) is 3.38. The van der Waals surface area contributed by atoms with E-state index in [9.17, 15) is 4.79 Å². The highest BCUT2D eigenvalue weighted by molar-refractivity contribution is 14.1. The summed E-state index contributed by atoms with van der Waals surface area (Å²) in [4.78, 5) is 29.3. The Morgan fingerprint density at radius 3 is 2.39 bits per heavy atom. The highest BCUT2D eigenvalue weighted by Crippen LogP contribution is 2.45. The third kappa shape index (κ3) is 6.37. The van der Waals surface area contributed by atoms with Crippen molar-refractivity contribution >= 4 is 61.3 Å². The van der Waals surface area contributed by atoms with Crippen LogP contribution in [-0.2, 0) is 4.74 Å². The molecule has 2 aromatic rings. The maximum absolute atomic E-state index is 12.5. The standard InChI is InChI=1S/C30H41BrIN5O4/c1-5-39-25-23(31)22(32)16-21-24(25)33-27(40-20-8-12-35(13-9-20)19-6-7-19)34-26(21)36-14-10-30(11-15-36)17-37(18-30)28(38)41-29(2,3)4/h16,19-20H,5-15,17-18H2,1-4H3. The van der Waals surface area contributed by atoms with Gasteiger partial charge in [-0.15, -0.1) is 0 Å². The van der Waals surface area contributed by atoms with E-state index in [1.54, 1.807) is 0 Å². The zero-order valence-electron chi connectivity index (χ0n) is 24.5. The van der Waals surface area contributed by atoms with Crippen LogP contribution in [0.3, 0.4) is 0 Å². The average molecular weight is 742 g/mol. The highest BCUT2D eigenvalue weighted by atomic mass is 127. The van der Waals surface area contributed by atoms with Crippen molar-refractivity contribution in [2.45, 2.75) is 84.0 Å². The molecule has 6 rings (SSSR count). The lowest BCUT2D eigenvalue weighted by Crippen LogP contribution is -2.62. The minimum Gasteiger partial charge on any atom is -0.490 e. The van der Waals surface area contributed by atoms with Crippen LogP contribution >= 0.6 is 38.5 Å². The number of amides is 1. The molecule has 1 aromatic heterocycles. The highest BCUT2D eigenvalue weighted by Gasteiger charge is 2.48. The summed E-state index contributed by atoms with van der Waals surface area (Å²) in [5.41, 5.74) is 0.464. The van der Waals surface area contributed by atoms with Gasteiger partial charge >= 0.3 is 12.1 Å². The smallest absolute Gasteiger partial charge is 0.410 e. The van der Waals surface area contributed by atoms with Crippen LogP contribution in [-0.4, -0.2) is 89.5 Å². The van der Waals surface area contributed by atoms with Crippen LogP contribution in [0.25, 0.3) is 10.9 Å². The lowest BCUT2D eigenvalue weighted by Gasteiger charge is -2.53. The Labute approximate surface area is 264 Å². The van der Waals surface area contributed by atoms with E-state index in [1.807, 2.05) is 32.6 Å². The summed E-state index contributed by atoms with van der Waals surface area (Å²) >= 11 is 6.09. The van der Waals surface area contributed by atoms with E-state index in [0.717, 1.165) is 102 Å².